The molecule has 1 N–H and O–H groups in total. The molecule has 3 aromatic heterocycles. The number of aliphatic hydroxyl groups is 1. The van der Waals surface area contributed by atoms with Crippen molar-refractivity contribution in [3.63, 3.8) is 0 Å². The van der Waals surface area contributed by atoms with Gasteiger partial charge in [0.2, 0.25) is 5.91 Å². The van der Waals surface area contributed by atoms with Gasteiger partial charge in [-0.15, -0.1) is 0 Å². The molecule has 1 atom stereocenters. The van der Waals surface area contributed by atoms with E-state index in [4.69, 9.17) is 9.72 Å². The van der Waals surface area contributed by atoms with Crippen molar-refractivity contribution in [2.45, 2.75) is 51.2 Å². The first-order valence-corrected chi connectivity index (χ1v) is 14.8. The Balaban J connectivity index is 1.16. The van der Waals surface area contributed by atoms with E-state index in [1.54, 1.807) is 7.11 Å². The molecule has 1 saturated carbocycles. The summed E-state index contributed by atoms with van der Waals surface area (Å²) in [6, 6.07) is 8.64. The maximum atomic E-state index is 12.8. The molecule has 0 spiro atoms. The van der Waals surface area contributed by atoms with Crippen molar-refractivity contribution in [1.29, 1.82) is 0 Å². The van der Waals surface area contributed by atoms with Crippen LogP contribution in [0, 0.1) is 11.8 Å². The quantitative estimate of drug-likeness (QED) is 0.486. The van der Waals surface area contributed by atoms with Crippen LogP contribution < -0.4 is 4.90 Å². The summed E-state index contributed by atoms with van der Waals surface area (Å²) in [4.78, 5) is 24.4. The zero-order valence-electron chi connectivity index (χ0n) is 24.0. The summed E-state index contributed by atoms with van der Waals surface area (Å²) in [7, 11) is 1.79. The second-order valence-corrected chi connectivity index (χ2v) is 12.1. The van der Waals surface area contributed by atoms with Crippen LogP contribution in [0.1, 0.15) is 45.1 Å². The van der Waals surface area contributed by atoms with Gasteiger partial charge < -0.3 is 19.6 Å². The third-order valence-corrected chi connectivity index (χ3v) is 9.61. The molecule has 3 aromatic rings. The van der Waals surface area contributed by atoms with Crippen molar-refractivity contribution in [2.24, 2.45) is 11.8 Å². The van der Waals surface area contributed by atoms with Gasteiger partial charge in [0.15, 0.2) is 0 Å². The lowest BCUT2D eigenvalue weighted by Crippen LogP contribution is -2.52. The Labute approximate surface area is 236 Å². The zero-order valence-corrected chi connectivity index (χ0v) is 24.0. The molecule has 0 aromatic carbocycles. The van der Waals surface area contributed by atoms with E-state index in [1.165, 1.54) is 0 Å². The Morgan fingerprint density at radius 3 is 2.50 bits per heavy atom. The van der Waals surface area contributed by atoms with E-state index in [9.17, 15) is 9.90 Å². The molecule has 2 saturated heterocycles. The number of ether oxygens (including phenoxy) is 1. The van der Waals surface area contributed by atoms with E-state index in [0.29, 0.717) is 11.8 Å². The summed E-state index contributed by atoms with van der Waals surface area (Å²) in [6.07, 6.45) is 9.68. The second kappa shape index (κ2) is 11.1. The number of hydrogen-bond donors (Lipinski definition) is 1. The van der Waals surface area contributed by atoms with E-state index in [2.05, 4.69) is 57.9 Å². The maximum Gasteiger partial charge on any atom is 0.225 e. The highest BCUT2D eigenvalue weighted by Gasteiger charge is 2.38. The van der Waals surface area contributed by atoms with Crippen molar-refractivity contribution in [2.75, 3.05) is 57.9 Å². The van der Waals surface area contributed by atoms with Crippen LogP contribution in [-0.2, 0) is 15.1 Å². The van der Waals surface area contributed by atoms with Gasteiger partial charge in [0.25, 0.3) is 0 Å². The van der Waals surface area contributed by atoms with E-state index in [1.807, 2.05) is 23.1 Å². The predicted molar refractivity (Wildman–Crippen MR) is 155 cm³/mol. The van der Waals surface area contributed by atoms with Crippen LogP contribution in [0.25, 0.3) is 16.8 Å². The van der Waals surface area contributed by atoms with Gasteiger partial charge in [0.1, 0.15) is 0 Å². The first-order chi connectivity index (χ1) is 19.4. The summed E-state index contributed by atoms with van der Waals surface area (Å²) in [5.41, 5.74) is 4.87. The van der Waals surface area contributed by atoms with Gasteiger partial charge >= 0.3 is 0 Å². The number of likely N-dealkylation sites (tertiary alicyclic amines) is 1. The molecule has 214 valence electrons. The number of hydrogen-bond acceptors (Lipinski definition) is 7. The lowest BCUT2D eigenvalue weighted by atomic mass is 9.75. The Hall–Kier alpha value is -3.01. The van der Waals surface area contributed by atoms with Crippen LogP contribution in [0.4, 0.5) is 5.69 Å². The first-order valence-electron chi connectivity index (χ1n) is 14.8. The molecule has 3 aliphatic rings. The Kier molecular flexibility index (Phi) is 7.54. The zero-order chi connectivity index (χ0) is 27.9. The molecule has 3 fully saturated rings. The number of piperazine rings is 1. The summed E-state index contributed by atoms with van der Waals surface area (Å²) >= 11 is 0. The van der Waals surface area contributed by atoms with Crippen LogP contribution in [0.2, 0.25) is 0 Å². The molecular weight excluding hydrogens is 504 g/mol. The molecule has 6 rings (SSSR count). The van der Waals surface area contributed by atoms with Crippen LogP contribution in [0.3, 0.4) is 0 Å². The molecule has 0 unspecified atom stereocenters. The smallest absolute Gasteiger partial charge is 0.225 e. The molecule has 2 aliphatic heterocycles. The second-order valence-electron chi connectivity index (χ2n) is 12.1. The van der Waals surface area contributed by atoms with Gasteiger partial charge in [-0.05, 0) is 56.7 Å². The van der Waals surface area contributed by atoms with Crippen LogP contribution in [0.15, 0.2) is 42.9 Å². The number of piperidine rings is 1. The number of carbonyl (C=O) groups is 1. The Bertz CT molecular complexity index is 1320. The minimum absolute atomic E-state index is 0.167. The van der Waals surface area contributed by atoms with Gasteiger partial charge in [-0.25, -0.2) is 4.52 Å². The van der Waals surface area contributed by atoms with Crippen molar-refractivity contribution in [3.8, 4) is 11.3 Å². The highest BCUT2D eigenvalue weighted by molar-refractivity contribution is 5.81. The normalized spacial score (nSPS) is 24.2. The molecule has 1 amide bonds. The summed E-state index contributed by atoms with van der Waals surface area (Å²) in [5.74, 6) is 1.27. The summed E-state index contributed by atoms with van der Waals surface area (Å²) < 4.78 is 8.01. The number of anilines is 1. The number of amides is 1. The standard InChI is InChI=1S/C31H42N6O3/c1-22-16-24(17-22)30(39)36-14-12-35(13-15-36)28-6-9-33-37-20-25(18-29(28)37)27-5-4-26(19-32-27)31(40-3)7-10-34(11-8-31)23(2)21-38/h4-6,9,18-20,22-24,38H,7-8,10-17,21H2,1-3H3/t22-,23-,24-/m1/s1. The average Bonchev–Trinajstić information content (AvgIpc) is 3.44. The molecule has 5 heterocycles. The average molecular weight is 547 g/mol. The first kappa shape index (κ1) is 27.2. The summed E-state index contributed by atoms with van der Waals surface area (Å²) in [6.45, 7) is 9.44. The SMILES string of the molecule is COC1(c2ccc(-c3cc4c(N5CCN(C(=O)[C@H]6C[C@H](C)C6)CC5)ccnn4c3)nc2)CCN([C@H](C)CO)CC1. The number of carbonyl (C=O) groups excluding carboxylic acids is 1. The molecule has 9 heteroatoms. The van der Waals surface area contributed by atoms with Crippen LogP contribution >= 0.6 is 0 Å². The van der Waals surface area contributed by atoms with Gasteiger partial charge in [0, 0.05) is 88.1 Å². The van der Waals surface area contributed by atoms with E-state index in [0.717, 1.165) is 93.0 Å². The van der Waals surface area contributed by atoms with Gasteiger partial charge in [0.05, 0.1) is 29.1 Å². The lowest BCUT2D eigenvalue weighted by Gasteiger charge is -2.42. The van der Waals surface area contributed by atoms with Crippen LogP contribution in [-0.4, -0.2) is 94.4 Å². The van der Waals surface area contributed by atoms with Gasteiger partial charge in [-0.2, -0.15) is 5.10 Å². The molecule has 0 radical (unpaired) electrons. The minimum atomic E-state index is -0.349. The molecule has 1 aliphatic carbocycles. The van der Waals surface area contributed by atoms with Crippen LogP contribution in [0.5, 0.6) is 0 Å². The monoisotopic (exact) mass is 546 g/mol. The van der Waals surface area contributed by atoms with Gasteiger partial charge in [-0.1, -0.05) is 13.0 Å². The summed E-state index contributed by atoms with van der Waals surface area (Å²) in [5, 5.41) is 14.1. The van der Waals surface area contributed by atoms with Crippen molar-refractivity contribution < 1.29 is 14.6 Å². The number of fused-ring (bicyclic) bond motifs is 1. The number of methoxy groups -OCH3 is 1. The fourth-order valence-corrected chi connectivity index (χ4v) is 6.82. The number of aliphatic hydroxyl groups excluding tert-OH is 1. The fraction of sp³-hybridized carbons (Fsp3) is 0.581. The topological polar surface area (TPSA) is 86.4 Å². The van der Waals surface area contributed by atoms with E-state index < -0.39 is 0 Å². The lowest BCUT2D eigenvalue weighted by molar-refractivity contribution is -0.140. The van der Waals surface area contributed by atoms with Gasteiger partial charge in [-0.3, -0.25) is 14.7 Å². The minimum Gasteiger partial charge on any atom is -0.395 e. The largest absolute Gasteiger partial charge is 0.395 e. The number of nitrogens with zero attached hydrogens (tertiary/aromatic N) is 6. The Morgan fingerprint density at radius 1 is 1.12 bits per heavy atom. The molecule has 0 bridgehead atoms. The highest BCUT2D eigenvalue weighted by Crippen LogP contribution is 2.38. The van der Waals surface area contributed by atoms with E-state index >= 15 is 0 Å². The highest BCUT2D eigenvalue weighted by atomic mass is 16.5. The van der Waals surface area contributed by atoms with Crippen molar-refractivity contribution in [1.82, 2.24) is 24.4 Å². The van der Waals surface area contributed by atoms with Crippen molar-refractivity contribution in [3.05, 3.63) is 48.4 Å². The third kappa shape index (κ3) is 4.99. The Morgan fingerprint density at radius 2 is 1.88 bits per heavy atom. The molecule has 40 heavy (non-hydrogen) atoms. The van der Waals surface area contributed by atoms with Crippen molar-refractivity contribution >= 4 is 17.1 Å². The number of rotatable bonds is 7. The molecule has 9 nitrogen and oxygen atoms in total. The fourth-order valence-electron chi connectivity index (χ4n) is 6.82. The third-order valence-electron chi connectivity index (χ3n) is 9.61. The predicted octanol–water partition coefficient (Wildman–Crippen LogP) is 3.41. The number of aromatic nitrogens is 3. The maximum absolute atomic E-state index is 12.8. The molecular formula is C31H42N6O3. The number of pyridine rings is 1. The van der Waals surface area contributed by atoms with E-state index in [-0.39, 0.29) is 24.2 Å².